The van der Waals surface area contributed by atoms with Crippen LogP contribution in [-0.4, -0.2) is 28.6 Å². The Morgan fingerprint density at radius 3 is 2.73 bits per heavy atom. The number of nitrogens with one attached hydrogen (secondary N) is 1. The average Bonchev–Trinajstić information content (AvgIpc) is 2.54. The van der Waals surface area contributed by atoms with Gasteiger partial charge in [0, 0.05) is 6.54 Å². The van der Waals surface area contributed by atoms with Crippen molar-refractivity contribution in [2.45, 2.75) is 11.8 Å². The van der Waals surface area contributed by atoms with Crippen molar-refractivity contribution in [1.29, 1.82) is 0 Å². The number of sulfonamides is 1. The SMILES string of the molecule is COc1ccc(C)cc1S(=O)(=O)N1CCNc2ccccc21. The van der Waals surface area contributed by atoms with E-state index in [4.69, 9.17) is 4.74 Å². The molecular weight excluding hydrogens is 300 g/mol. The number of nitrogens with zero attached hydrogens (tertiary/aromatic N) is 1. The Morgan fingerprint density at radius 2 is 1.95 bits per heavy atom. The minimum atomic E-state index is -3.67. The fourth-order valence-electron chi connectivity index (χ4n) is 2.61. The third kappa shape index (κ3) is 2.39. The molecular formula is C16H18N2O3S. The van der Waals surface area contributed by atoms with Crippen LogP contribution < -0.4 is 14.4 Å². The van der Waals surface area contributed by atoms with Gasteiger partial charge in [0.25, 0.3) is 10.0 Å². The molecule has 0 saturated carbocycles. The summed E-state index contributed by atoms with van der Waals surface area (Å²) in [7, 11) is -2.19. The lowest BCUT2D eigenvalue weighted by Gasteiger charge is -2.31. The lowest BCUT2D eigenvalue weighted by atomic mass is 10.2. The molecule has 0 aliphatic carbocycles. The van der Waals surface area contributed by atoms with Gasteiger partial charge in [-0.2, -0.15) is 0 Å². The highest BCUT2D eigenvalue weighted by Gasteiger charge is 2.31. The largest absolute Gasteiger partial charge is 0.495 e. The molecule has 0 amide bonds. The van der Waals surface area contributed by atoms with Gasteiger partial charge >= 0.3 is 0 Å². The molecule has 1 heterocycles. The first-order chi connectivity index (χ1) is 10.5. The molecule has 3 rings (SSSR count). The minimum absolute atomic E-state index is 0.201. The maximum absolute atomic E-state index is 13.1. The fourth-order valence-corrected chi connectivity index (χ4v) is 4.33. The Kier molecular flexibility index (Phi) is 3.70. The molecule has 0 radical (unpaired) electrons. The number of methoxy groups -OCH3 is 1. The zero-order valence-corrected chi connectivity index (χ0v) is 13.4. The first-order valence-electron chi connectivity index (χ1n) is 7.04. The predicted molar refractivity (Wildman–Crippen MR) is 87.2 cm³/mol. The average molecular weight is 318 g/mol. The standard InChI is InChI=1S/C16H18N2O3S/c1-12-7-8-15(21-2)16(11-12)22(19,20)18-10-9-17-13-5-3-4-6-14(13)18/h3-8,11,17H,9-10H2,1-2H3. The van der Waals surface area contributed by atoms with E-state index in [2.05, 4.69) is 5.32 Å². The second-order valence-electron chi connectivity index (χ2n) is 5.18. The molecule has 0 fully saturated rings. The number of fused-ring (bicyclic) bond motifs is 1. The van der Waals surface area contributed by atoms with Gasteiger partial charge in [0.05, 0.1) is 25.0 Å². The van der Waals surface area contributed by atoms with Gasteiger partial charge in [-0.3, -0.25) is 4.31 Å². The summed E-state index contributed by atoms with van der Waals surface area (Å²) in [5.41, 5.74) is 2.36. The van der Waals surface area contributed by atoms with Gasteiger partial charge in [-0.1, -0.05) is 18.2 Å². The molecule has 1 aliphatic heterocycles. The topological polar surface area (TPSA) is 58.6 Å². The predicted octanol–water partition coefficient (Wildman–Crippen LogP) is 2.62. The Bertz CT molecular complexity index is 803. The lowest BCUT2D eigenvalue weighted by molar-refractivity contribution is 0.402. The highest BCUT2D eigenvalue weighted by molar-refractivity contribution is 7.93. The van der Waals surface area contributed by atoms with Crippen molar-refractivity contribution in [2.75, 3.05) is 29.8 Å². The Hall–Kier alpha value is -2.21. The summed E-state index contributed by atoms with van der Waals surface area (Å²) in [5, 5.41) is 3.22. The van der Waals surface area contributed by atoms with Crippen LogP contribution in [-0.2, 0) is 10.0 Å². The van der Waals surface area contributed by atoms with Crippen LogP contribution in [0.4, 0.5) is 11.4 Å². The van der Waals surface area contributed by atoms with Crippen LogP contribution in [0.5, 0.6) is 5.75 Å². The molecule has 1 N–H and O–H groups in total. The van der Waals surface area contributed by atoms with Gasteiger partial charge in [-0.05, 0) is 36.8 Å². The summed E-state index contributed by atoms with van der Waals surface area (Å²) in [6.07, 6.45) is 0. The second kappa shape index (κ2) is 5.53. The van der Waals surface area contributed by atoms with Gasteiger partial charge in [-0.15, -0.1) is 0 Å². The third-order valence-electron chi connectivity index (χ3n) is 3.69. The summed E-state index contributed by atoms with van der Waals surface area (Å²) in [5.74, 6) is 0.363. The Morgan fingerprint density at radius 1 is 1.18 bits per heavy atom. The summed E-state index contributed by atoms with van der Waals surface area (Å²) in [6, 6.07) is 12.6. The molecule has 2 aromatic carbocycles. The molecule has 5 nitrogen and oxygen atoms in total. The molecule has 2 aromatic rings. The fraction of sp³-hybridized carbons (Fsp3) is 0.250. The van der Waals surface area contributed by atoms with E-state index in [1.54, 1.807) is 18.2 Å². The number of aryl methyl sites for hydroxylation is 1. The van der Waals surface area contributed by atoms with Crippen LogP contribution in [0, 0.1) is 6.92 Å². The highest BCUT2D eigenvalue weighted by atomic mass is 32.2. The summed E-state index contributed by atoms with van der Waals surface area (Å²) in [4.78, 5) is 0.201. The lowest BCUT2D eigenvalue weighted by Crippen LogP contribution is -2.39. The zero-order valence-electron chi connectivity index (χ0n) is 12.5. The van der Waals surface area contributed by atoms with E-state index < -0.39 is 10.0 Å². The van der Waals surface area contributed by atoms with Crippen LogP contribution in [0.1, 0.15) is 5.56 Å². The molecule has 0 bridgehead atoms. The quantitative estimate of drug-likeness (QED) is 0.945. The van der Waals surface area contributed by atoms with Crippen LogP contribution in [0.2, 0.25) is 0 Å². The van der Waals surface area contributed by atoms with Crippen molar-refractivity contribution in [2.24, 2.45) is 0 Å². The van der Waals surface area contributed by atoms with E-state index in [-0.39, 0.29) is 4.90 Å². The van der Waals surface area contributed by atoms with E-state index in [9.17, 15) is 8.42 Å². The third-order valence-corrected chi connectivity index (χ3v) is 5.52. The number of anilines is 2. The van der Waals surface area contributed by atoms with Gasteiger partial charge in [0.15, 0.2) is 0 Å². The first kappa shape index (κ1) is 14.7. The van der Waals surface area contributed by atoms with Crippen molar-refractivity contribution < 1.29 is 13.2 Å². The van der Waals surface area contributed by atoms with Crippen molar-refractivity contribution in [3.63, 3.8) is 0 Å². The smallest absolute Gasteiger partial charge is 0.268 e. The second-order valence-corrected chi connectivity index (χ2v) is 7.01. The molecule has 22 heavy (non-hydrogen) atoms. The zero-order chi connectivity index (χ0) is 15.7. The highest BCUT2D eigenvalue weighted by Crippen LogP contribution is 2.35. The summed E-state index contributed by atoms with van der Waals surface area (Å²) in [6.45, 7) is 2.82. The van der Waals surface area contributed by atoms with Gasteiger partial charge in [0.1, 0.15) is 10.6 Å². The van der Waals surface area contributed by atoms with Gasteiger partial charge in [0.2, 0.25) is 0 Å². The molecule has 0 unspecified atom stereocenters. The van der Waals surface area contributed by atoms with E-state index in [1.165, 1.54) is 11.4 Å². The summed E-state index contributed by atoms with van der Waals surface area (Å²) < 4.78 is 32.9. The monoisotopic (exact) mass is 318 g/mol. The molecule has 0 spiro atoms. The van der Waals surface area contributed by atoms with E-state index >= 15 is 0 Å². The Balaban J connectivity index is 2.14. The first-order valence-corrected chi connectivity index (χ1v) is 8.48. The molecule has 0 atom stereocenters. The van der Waals surface area contributed by atoms with E-state index in [0.717, 1.165) is 11.3 Å². The normalized spacial score (nSPS) is 14.2. The van der Waals surface area contributed by atoms with Crippen LogP contribution in [0.15, 0.2) is 47.4 Å². The number of hydrogen-bond donors (Lipinski definition) is 1. The van der Waals surface area contributed by atoms with Crippen molar-refractivity contribution >= 4 is 21.4 Å². The van der Waals surface area contributed by atoms with E-state index in [0.29, 0.717) is 24.5 Å². The van der Waals surface area contributed by atoms with Crippen molar-refractivity contribution in [1.82, 2.24) is 0 Å². The molecule has 116 valence electrons. The number of ether oxygens (including phenoxy) is 1. The van der Waals surface area contributed by atoms with Crippen LogP contribution >= 0.6 is 0 Å². The van der Waals surface area contributed by atoms with Gasteiger partial charge in [-0.25, -0.2) is 8.42 Å². The molecule has 0 aromatic heterocycles. The molecule has 1 aliphatic rings. The molecule has 0 saturated heterocycles. The van der Waals surface area contributed by atoms with Crippen LogP contribution in [0.3, 0.4) is 0 Å². The Labute approximate surface area is 130 Å². The number of hydrogen-bond acceptors (Lipinski definition) is 4. The number of para-hydroxylation sites is 2. The van der Waals surface area contributed by atoms with Crippen molar-refractivity contribution in [3.8, 4) is 5.75 Å². The van der Waals surface area contributed by atoms with Crippen molar-refractivity contribution in [3.05, 3.63) is 48.0 Å². The van der Waals surface area contributed by atoms with Crippen LogP contribution in [0.25, 0.3) is 0 Å². The minimum Gasteiger partial charge on any atom is -0.495 e. The number of rotatable bonds is 3. The van der Waals surface area contributed by atoms with Gasteiger partial charge < -0.3 is 10.1 Å². The maximum Gasteiger partial charge on any atom is 0.268 e. The summed E-state index contributed by atoms with van der Waals surface area (Å²) >= 11 is 0. The molecule has 6 heteroatoms. The maximum atomic E-state index is 13.1. The van der Waals surface area contributed by atoms with E-state index in [1.807, 2.05) is 31.2 Å². The number of benzene rings is 2.